The van der Waals surface area contributed by atoms with E-state index in [0.717, 1.165) is 5.57 Å². The predicted octanol–water partition coefficient (Wildman–Crippen LogP) is 2.10. The van der Waals surface area contributed by atoms with E-state index in [1.165, 1.54) is 0 Å². The molecule has 0 aromatic heterocycles. The van der Waals surface area contributed by atoms with E-state index in [2.05, 4.69) is 20.8 Å². The molecule has 1 nitrogen and oxygen atoms in total. The summed E-state index contributed by atoms with van der Waals surface area (Å²) in [6.45, 7) is 6.30. The maximum atomic E-state index is 10.7. The van der Waals surface area contributed by atoms with Crippen LogP contribution in [0.15, 0.2) is 23.8 Å². The van der Waals surface area contributed by atoms with Gasteiger partial charge < -0.3 is 0 Å². The van der Waals surface area contributed by atoms with Gasteiger partial charge in [-0.2, -0.15) is 0 Å². The average molecular weight is 136 g/mol. The third-order valence-electron chi connectivity index (χ3n) is 1.59. The van der Waals surface area contributed by atoms with Crippen LogP contribution in [-0.4, -0.2) is 5.78 Å². The lowest BCUT2D eigenvalue weighted by Crippen LogP contribution is -2.06. The van der Waals surface area contributed by atoms with Crippen LogP contribution in [0.5, 0.6) is 0 Å². The minimum atomic E-state index is 0.114. The molecule has 10 heavy (non-hydrogen) atoms. The van der Waals surface area contributed by atoms with Gasteiger partial charge in [-0.25, -0.2) is 0 Å². The van der Waals surface area contributed by atoms with Crippen molar-refractivity contribution in [1.82, 2.24) is 0 Å². The molecule has 0 atom stereocenters. The lowest BCUT2D eigenvalue weighted by molar-refractivity contribution is -0.110. The van der Waals surface area contributed by atoms with Crippen molar-refractivity contribution < 1.29 is 4.79 Å². The third-order valence-corrected chi connectivity index (χ3v) is 1.59. The zero-order valence-electron chi connectivity index (χ0n) is 6.64. The number of ketones is 1. The number of carbonyl (C=O) groups excluding carboxylic acids is 1. The van der Waals surface area contributed by atoms with Gasteiger partial charge in [-0.3, -0.25) is 4.79 Å². The molecule has 0 radical (unpaired) electrons. The molecule has 1 rings (SSSR count). The van der Waals surface area contributed by atoms with Gasteiger partial charge in [0.2, 0.25) is 0 Å². The van der Waals surface area contributed by atoms with Crippen LogP contribution >= 0.6 is 0 Å². The zero-order chi connectivity index (χ0) is 7.78. The van der Waals surface area contributed by atoms with Gasteiger partial charge in [-0.05, 0) is 23.1 Å². The molecule has 0 bridgehead atoms. The molecule has 0 unspecified atom stereocenters. The smallest absolute Gasteiger partial charge is 0.178 e. The molecule has 0 saturated carbocycles. The van der Waals surface area contributed by atoms with Gasteiger partial charge in [0, 0.05) is 0 Å². The van der Waals surface area contributed by atoms with Gasteiger partial charge in [-0.1, -0.05) is 26.8 Å². The minimum absolute atomic E-state index is 0.114. The standard InChI is InChI=1S/C9H12O/c1-9(2,3)7-4-5-8(10)6-7/h4-6H,1-3H3. The van der Waals surface area contributed by atoms with E-state index in [-0.39, 0.29) is 11.2 Å². The minimum Gasteiger partial charge on any atom is -0.290 e. The highest BCUT2D eigenvalue weighted by atomic mass is 16.1. The second-order valence-corrected chi connectivity index (χ2v) is 3.59. The van der Waals surface area contributed by atoms with Crippen molar-refractivity contribution in [2.75, 3.05) is 0 Å². The molecule has 54 valence electrons. The lowest BCUT2D eigenvalue weighted by atomic mass is 9.87. The molecular weight excluding hydrogens is 124 g/mol. The highest BCUT2D eigenvalue weighted by Gasteiger charge is 2.18. The van der Waals surface area contributed by atoms with Gasteiger partial charge in [-0.15, -0.1) is 0 Å². The first kappa shape index (κ1) is 7.26. The molecule has 0 aromatic rings. The van der Waals surface area contributed by atoms with E-state index in [1.807, 2.05) is 6.08 Å². The Balaban J connectivity index is 2.88. The molecule has 1 heteroatoms. The zero-order valence-corrected chi connectivity index (χ0v) is 6.64. The quantitative estimate of drug-likeness (QED) is 0.498. The van der Waals surface area contributed by atoms with E-state index >= 15 is 0 Å². The molecule has 0 spiro atoms. The maximum absolute atomic E-state index is 10.7. The van der Waals surface area contributed by atoms with E-state index in [4.69, 9.17) is 0 Å². The van der Waals surface area contributed by atoms with Gasteiger partial charge in [0.15, 0.2) is 5.78 Å². The summed E-state index contributed by atoms with van der Waals surface area (Å²) in [5.74, 6) is 0.116. The summed E-state index contributed by atoms with van der Waals surface area (Å²) in [4.78, 5) is 10.7. The second-order valence-electron chi connectivity index (χ2n) is 3.59. The molecule has 0 amide bonds. The van der Waals surface area contributed by atoms with E-state index in [9.17, 15) is 4.79 Å². The Kier molecular flexibility index (Phi) is 1.51. The summed E-state index contributed by atoms with van der Waals surface area (Å²) >= 11 is 0. The largest absolute Gasteiger partial charge is 0.290 e. The Morgan fingerprint density at radius 3 is 2.00 bits per heavy atom. The van der Waals surface area contributed by atoms with Gasteiger partial charge >= 0.3 is 0 Å². The first-order valence-electron chi connectivity index (χ1n) is 3.44. The summed E-state index contributed by atoms with van der Waals surface area (Å²) < 4.78 is 0. The fourth-order valence-electron chi connectivity index (χ4n) is 0.888. The Hall–Kier alpha value is -0.850. The Bertz CT molecular complexity index is 213. The SMILES string of the molecule is CC(C)(C)C1=CC(=O)C=C1. The molecule has 0 aliphatic heterocycles. The summed E-state index contributed by atoms with van der Waals surface area (Å²) in [5, 5.41) is 0. The van der Waals surface area contributed by atoms with Crippen LogP contribution in [0.1, 0.15) is 20.8 Å². The summed E-state index contributed by atoms with van der Waals surface area (Å²) in [6, 6.07) is 0. The summed E-state index contributed by atoms with van der Waals surface area (Å²) in [7, 11) is 0. The highest BCUT2D eigenvalue weighted by Crippen LogP contribution is 2.28. The van der Waals surface area contributed by atoms with Crippen LogP contribution in [0.3, 0.4) is 0 Å². The Labute approximate surface area is 61.4 Å². The van der Waals surface area contributed by atoms with Crippen LogP contribution in [0.25, 0.3) is 0 Å². The van der Waals surface area contributed by atoms with Crippen molar-refractivity contribution in [1.29, 1.82) is 0 Å². The van der Waals surface area contributed by atoms with E-state index < -0.39 is 0 Å². The molecule has 0 N–H and O–H groups in total. The van der Waals surface area contributed by atoms with Crippen molar-refractivity contribution >= 4 is 5.78 Å². The van der Waals surface area contributed by atoms with Crippen molar-refractivity contribution in [2.24, 2.45) is 5.41 Å². The van der Waals surface area contributed by atoms with Gasteiger partial charge in [0.25, 0.3) is 0 Å². The molecule has 0 fully saturated rings. The molecule has 0 heterocycles. The van der Waals surface area contributed by atoms with Crippen LogP contribution in [0.2, 0.25) is 0 Å². The predicted molar refractivity (Wildman–Crippen MR) is 41.7 cm³/mol. The fourth-order valence-corrected chi connectivity index (χ4v) is 0.888. The number of allylic oxidation sites excluding steroid dienone is 4. The molecule has 0 saturated heterocycles. The molecule has 1 aliphatic carbocycles. The first-order valence-corrected chi connectivity index (χ1v) is 3.44. The summed E-state index contributed by atoms with van der Waals surface area (Å²) in [5.41, 5.74) is 1.24. The van der Waals surface area contributed by atoms with Crippen molar-refractivity contribution in [3.05, 3.63) is 23.8 Å². The maximum Gasteiger partial charge on any atom is 0.178 e. The number of rotatable bonds is 0. The monoisotopic (exact) mass is 136 g/mol. The number of hydrogen-bond donors (Lipinski definition) is 0. The lowest BCUT2D eigenvalue weighted by Gasteiger charge is -2.17. The normalized spacial score (nSPS) is 17.9. The van der Waals surface area contributed by atoms with E-state index in [1.54, 1.807) is 12.2 Å². The Morgan fingerprint density at radius 1 is 1.20 bits per heavy atom. The molecular formula is C9H12O. The van der Waals surface area contributed by atoms with E-state index in [0.29, 0.717) is 0 Å². The van der Waals surface area contributed by atoms with Gasteiger partial charge in [0.05, 0.1) is 0 Å². The van der Waals surface area contributed by atoms with Crippen LogP contribution in [0.4, 0.5) is 0 Å². The van der Waals surface area contributed by atoms with Crippen LogP contribution < -0.4 is 0 Å². The topological polar surface area (TPSA) is 17.1 Å². The van der Waals surface area contributed by atoms with Crippen LogP contribution in [0, 0.1) is 5.41 Å². The first-order chi connectivity index (χ1) is 4.50. The summed E-state index contributed by atoms with van der Waals surface area (Å²) in [6.07, 6.45) is 5.20. The van der Waals surface area contributed by atoms with Crippen molar-refractivity contribution in [2.45, 2.75) is 20.8 Å². The number of carbonyl (C=O) groups is 1. The Morgan fingerprint density at radius 2 is 1.80 bits per heavy atom. The van der Waals surface area contributed by atoms with Gasteiger partial charge in [0.1, 0.15) is 0 Å². The van der Waals surface area contributed by atoms with Crippen LogP contribution in [-0.2, 0) is 4.79 Å². The average Bonchev–Trinajstić information content (AvgIpc) is 2.11. The molecule has 0 aromatic carbocycles. The number of hydrogen-bond acceptors (Lipinski definition) is 1. The van der Waals surface area contributed by atoms with Crippen molar-refractivity contribution in [3.8, 4) is 0 Å². The highest BCUT2D eigenvalue weighted by molar-refractivity contribution is 6.03. The molecule has 1 aliphatic rings. The second kappa shape index (κ2) is 2.08. The fraction of sp³-hybridized carbons (Fsp3) is 0.444. The third kappa shape index (κ3) is 1.35. The van der Waals surface area contributed by atoms with Crippen molar-refractivity contribution in [3.63, 3.8) is 0 Å².